The summed E-state index contributed by atoms with van der Waals surface area (Å²) in [6.45, 7) is 7.90. The Labute approximate surface area is 219 Å². The van der Waals surface area contributed by atoms with E-state index in [4.69, 9.17) is 26.1 Å². The van der Waals surface area contributed by atoms with E-state index in [1.165, 1.54) is 24.3 Å². The number of hydrogen-bond acceptors (Lipinski definition) is 7. The van der Waals surface area contributed by atoms with Gasteiger partial charge >= 0.3 is 0 Å². The van der Waals surface area contributed by atoms with Gasteiger partial charge in [0.1, 0.15) is 40.3 Å². The van der Waals surface area contributed by atoms with Gasteiger partial charge in [-0.1, -0.05) is 31.2 Å². The zero-order valence-electron chi connectivity index (χ0n) is 20.5. The zero-order valence-corrected chi connectivity index (χ0v) is 21.2. The van der Waals surface area contributed by atoms with Gasteiger partial charge in [0.15, 0.2) is 5.75 Å². The van der Waals surface area contributed by atoms with Crippen LogP contribution >= 0.6 is 11.6 Å². The van der Waals surface area contributed by atoms with Gasteiger partial charge < -0.3 is 29.3 Å². The van der Waals surface area contributed by atoms with E-state index in [1.54, 1.807) is 9.80 Å². The van der Waals surface area contributed by atoms with Crippen molar-refractivity contribution in [3.63, 3.8) is 0 Å². The number of carbonyl (C=O) groups is 2. The monoisotopic (exact) mass is 530 g/mol. The quantitative estimate of drug-likeness (QED) is 0.607. The van der Waals surface area contributed by atoms with Gasteiger partial charge in [-0.3, -0.25) is 9.59 Å². The van der Waals surface area contributed by atoms with Crippen molar-refractivity contribution in [2.45, 2.75) is 25.4 Å². The predicted octanol–water partition coefficient (Wildman–Crippen LogP) is 3.09. The number of benzene rings is 1. The zero-order chi connectivity index (χ0) is 26.3. The molecule has 3 aliphatic rings. The van der Waals surface area contributed by atoms with Crippen molar-refractivity contribution in [1.29, 1.82) is 0 Å². The van der Waals surface area contributed by atoms with Crippen LogP contribution in [-0.2, 0) is 9.53 Å². The minimum absolute atomic E-state index is 0.0107. The normalized spacial score (nSPS) is 21.6. The first-order valence-corrected chi connectivity index (χ1v) is 12.6. The van der Waals surface area contributed by atoms with Crippen LogP contribution in [0, 0.1) is 5.82 Å². The maximum absolute atomic E-state index is 15.0. The molecule has 196 valence electrons. The predicted molar refractivity (Wildman–Crippen MR) is 136 cm³/mol. The number of nitrogens with zero attached hydrogens (tertiary/aromatic N) is 4. The van der Waals surface area contributed by atoms with Crippen LogP contribution < -0.4 is 9.64 Å². The molecule has 11 heteroatoms. The molecule has 1 N–H and O–H groups in total. The summed E-state index contributed by atoms with van der Waals surface area (Å²) >= 11 is 6.77. The third kappa shape index (κ3) is 4.38. The molecule has 0 spiro atoms. The summed E-state index contributed by atoms with van der Waals surface area (Å²) in [5.74, 6) is -1.17. The molecule has 5 rings (SSSR count). The highest BCUT2D eigenvalue weighted by molar-refractivity contribution is 6.35. The molecule has 0 bridgehead atoms. The number of fused-ring (bicyclic) bond motifs is 2. The Bertz CT molecular complexity index is 1240. The first kappa shape index (κ1) is 25.3. The number of halogens is 2. The number of phenols is 1. The molecule has 2 fully saturated rings. The molecule has 0 radical (unpaired) electrons. The van der Waals surface area contributed by atoms with E-state index in [2.05, 4.69) is 6.58 Å². The van der Waals surface area contributed by atoms with Gasteiger partial charge in [0.05, 0.1) is 30.9 Å². The van der Waals surface area contributed by atoms with Crippen molar-refractivity contribution in [2.24, 2.45) is 0 Å². The van der Waals surface area contributed by atoms with Crippen LogP contribution in [0.5, 0.6) is 11.5 Å². The number of aromatic nitrogens is 1. The Morgan fingerprint density at radius 1 is 1.27 bits per heavy atom. The second kappa shape index (κ2) is 10.2. The molecule has 0 saturated carbocycles. The SMILES string of the molecule is C=CC(=O)N1CCN2C(=O)c3c(N4CCOC[C@H]4CC)nc(-c4c(O)cccc4F)c(Cl)c3OCC2C1. The van der Waals surface area contributed by atoms with Gasteiger partial charge in [-0.25, -0.2) is 9.37 Å². The highest BCUT2D eigenvalue weighted by Gasteiger charge is 2.41. The summed E-state index contributed by atoms with van der Waals surface area (Å²) in [7, 11) is 0. The topological polar surface area (TPSA) is 95.4 Å². The summed E-state index contributed by atoms with van der Waals surface area (Å²) in [6, 6.07) is 3.44. The average molecular weight is 531 g/mol. The molecule has 0 aliphatic carbocycles. The Kier molecular flexibility index (Phi) is 6.96. The number of piperazine rings is 1. The van der Waals surface area contributed by atoms with Gasteiger partial charge in [-0.2, -0.15) is 0 Å². The van der Waals surface area contributed by atoms with Crippen LogP contribution in [0.15, 0.2) is 30.9 Å². The van der Waals surface area contributed by atoms with Crippen LogP contribution in [0.2, 0.25) is 5.02 Å². The van der Waals surface area contributed by atoms with Crippen LogP contribution in [0.3, 0.4) is 0 Å². The molecule has 2 aromatic rings. The number of aromatic hydroxyl groups is 1. The third-order valence-electron chi connectivity index (χ3n) is 7.14. The van der Waals surface area contributed by atoms with Crippen molar-refractivity contribution < 1.29 is 28.6 Å². The molecule has 2 atom stereocenters. The average Bonchev–Trinajstić information content (AvgIpc) is 3.06. The minimum atomic E-state index is -0.703. The van der Waals surface area contributed by atoms with Crippen LogP contribution in [0.1, 0.15) is 23.7 Å². The largest absolute Gasteiger partial charge is 0.507 e. The standard InChI is InChI=1S/C26H28ClFN4O5/c1-3-15-13-36-11-10-31(15)25-21-24(22(27)23(29-25)20-17(28)6-5-7-18(20)33)37-14-16-12-30(19(34)4-2)8-9-32(16)26(21)35/h4-7,15-16,33H,2-3,8-14H2,1H3/t15-,16?/m1/s1. The molecule has 3 aliphatic heterocycles. The Hall–Kier alpha value is -3.37. The van der Waals surface area contributed by atoms with Crippen molar-refractivity contribution in [3.8, 4) is 22.8 Å². The number of pyridine rings is 1. The summed E-state index contributed by atoms with van der Waals surface area (Å²) in [6.07, 6.45) is 1.97. The van der Waals surface area contributed by atoms with E-state index < -0.39 is 11.9 Å². The summed E-state index contributed by atoms with van der Waals surface area (Å²) < 4.78 is 26.8. The fourth-order valence-corrected chi connectivity index (χ4v) is 5.45. The Balaban J connectivity index is 1.68. The first-order valence-electron chi connectivity index (χ1n) is 12.3. The fourth-order valence-electron chi connectivity index (χ4n) is 5.17. The molecule has 9 nitrogen and oxygen atoms in total. The van der Waals surface area contributed by atoms with Gasteiger partial charge in [0.2, 0.25) is 5.91 Å². The lowest BCUT2D eigenvalue weighted by atomic mass is 10.0. The van der Waals surface area contributed by atoms with Crippen molar-refractivity contribution in [3.05, 3.63) is 47.3 Å². The molecular weight excluding hydrogens is 503 g/mol. The number of rotatable bonds is 4. The highest BCUT2D eigenvalue weighted by atomic mass is 35.5. The van der Waals surface area contributed by atoms with Gasteiger partial charge in [0, 0.05) is 26.2 Å². The molecule has 1 aromatic heterocycles. The van der Waals surface area contributed by atoms with Gasteiger partial charge in [-0.05, 0) is 24.6 Å². The third-order valence-corrected chi connectivity index (χ3v) is 7.49. The van der Waals surface area contributed by atoms with Crippen LogP contribution in [0.4, 0.5) is 10.2 Å². The second-order valence-corrected chi connectivity index (χ2v) is 9.60. The number of phenolic OH excluding ortho intramolecular Hbond substituents is 1. The molecule has 1 aromatic carbocycles. The fraction of sp³-hybridized carbons (Fsp3) is 0.423. The van der Waals surface area contributed by atoms with Crippen LogP contribution in [-0.4, -0.2) is 89.8 Å². The van der Waals surface area contributed by atoms with Gasteiger partial charge in [-0.15, -0.1) is 0 Å². The van der Waals surface area contributed by atoms with E-state index in [-0.39, 0.29) is 64.4 Å². The van der Waals surface area contributed by atoms with E-state index in [9.17, 15) is 19.1 Å². The lowest BCUT2D eigenvalue weighted by molar-refractivity contribution is -0.128. The van der Waals surface area contributed by atoms with Crippen LogP contribution in [0.25, 0.3) is 11.3 Å². The second-order valence-electron chi connectivity index (χ2n) is 9.22. The van der Waals surface area contributed by atoms with E-state index in [0.29, 0.717) is 38.7 Å². The van der Waals surface area contributed by atoms with E-state index in [1.807, 2.05) is 11.8 Å². The molecular formula is C26H28ClFN4O5. The lowest BCUT2D eigenvalue weighted by Gasteiger charge is -2.40. The highest BCUT2D eigenvalue weighted by Crippen LogP contribution is 2.46. The first-order chi connectivity index (χ1) is 17.8. The number of hydrogen-bond donors (Lipinski definition) is 1. The maximum Gasteiger partial charge on any atom is 0.261 e. The number of morpholine rings is 1. The Morgan fingerprint density at radius 3 is 2.81 bits per heavy atom. The smallest absolute Gasteiger partial charge is 0.261 e. The number of ether oxygens (including phenoxy) is 2. The minimum Gasteiger partial charge on any atom is -0.507 e. The molecule has 37 heavy (non-hydrogen) atoms. The molecule has 2 saturated heterocycles. The number of carbonyl (C=O) groups excluding carboxylic acids is 2. The number of amides is 2. The molecule has 2 amide bonds. The van der Waals surface area contributed by atoms with E-state index in [0.717, 1.165) is 6.42 Å². The van der Waals surface area contributed by atoms with Crippen molar-refractivity contribution in [2.75, 3.05) is 50.9 Å². The summed E-state index contributed by atoms with van der Waals surface area (Å²) in [5, 5.41) is 10.5. The van der Waals surface area contributed by atoms with Gasteiger partial charge in [0.25, 0.3) is 5.91 Å². The summed E-state index contributed by atoms with van der Waals surface area (Å²) in [4.78, 5) is 36.3. The van der Waals surface area contributed by atoms with Crippen molar-refractivity contribution >= 4 is 29.2 Å². The molecule has 4 heterocycles. The number of anilines is 1. The Morgan fingerprint density at radius 2 is 2.08 bits per heavy atom. The van der Waals surface area contributed by atoms with Crippen molar-refractivity contribution in [1.82, 2.24) is 14.8 Å². The summed E-state index contributed by atoms with van der Waals surface area (Å²) in [5.41, 5.74) is 0.0121. The van der Waals surface area contributed by atoms with E-state index >= 15 is 0 Å². The lowest BCUT2D eigenvalue weighted by Crippen LogP contribution is -2.57. The molecule has 1 unspecified atom stereocenters. The maximum atomic E-state index is 15.0.